The largest absolute Gasteiger partial charge is 0.449 e. The first kappa shape index (κ1) is 24.1. The molecule has 0 saturated heterocycles. The van der Waals surface area contributed by atoms with Crippen molar-refractivity contribution in [3.05, 3.63) is 52.1 Å². The Morgan fingerprint density at radius 2 is 1.77 bits per heavy atom. The van der Waals surface area contributed by atoms with E-state index in [0.29, 0.717) is 18.1 Å². The number of halogens is 2. The molecule has 0 saturated carbocycles. The summed E-state index contributed by atoms with van der Waals surface area (Å²) in [4.78, 5) is 28.5. The van der Waals surface area contributed by atoms with Crippen molar-refractivity contribution in [2.45, 2.75) is 31.8 Å². The Kier molecular flexibility index (Phi) is 8.19. The number of benzene rings is 1. The number of aromatic nitrogens is 1. The number of anilines is 1. The highest BCUT2D eigenvalue weighted by Gasteiger charge is 2.23. The highest BCUT2D eigenvalue weighted by molar-refractivity contribution is 7.89. The number of esters is 1. The molecule has 1 aromatic carbocycles. The summed E-state index contributed by atoms with van der Waals surface area (Å²) >= 11 is 11.7. The summed E-state index contributed by atoms with van der Waals surface area (Å²) in [6.07, 6.45) is 0.165. The van der Waals surface area contributed by atoms with Crippen molar-refractivity contribution in [2.75, 3.05) is 18.4 Å². The summed E-state index contributed by atoms with van der Waals surface area (Å²) in [6.45, 7) is 5.54. The number of nitrogens with zero attached hydrogens (tertiary/aromatic N) is 2. The molecule has 0 bridgehead atoms. The second kappa shape index (κ2) is 10.2. The Bertz CT molecular complexity index is 1020. The predicted octanol–water partition coefficient (Wildman–Crippen LogP) is 3.60. The van der Waals surface area contributed by atoms with Crippen LogP contribution in [0.25, 0.3) is 0 Å². The van der Waals surface area contributed by atoms with Gasteiger partial charge >= 0.3 is 5.97 Å². The third kappa shape index (κ3) is 5.69. The molecule has 1 amide bonds. The molecule has 0 aliphatic heterocycles. The second-order valence-electron chi connectivity index (χ2n) is 6.13. The molecule has 1 heterocycles. The third-order valence-corrected chi connectivity index (χ3v) is 6.69. The molecular formula is C19H21Cl2N3O5S. The van der Waals surface area contributed by atoms with Gasteiger partial charge in [-0.05, 0) is 37.3 Å². The van der Waals surface area contributed by atoms with Crippen LogP contribution >= 0.6 is 23.2 Å². The highest BCUT2D eigenvalue weighted by Crippen LogP contribution is 2.23. The van der Waals surface area contributed by atoms with Gasteiger partial charge in [-0.1, -0.05) is 37.0 Å². The molecule has 0 aliphatic rings. The van der Waals surface area contributed by atoms with Crippen molar-refractivity contribution in [3.8, 4) is 0 Å². The van der Waals surface area contributed by atoms with E-state index in [0.717, 1.165) is 0 Å². The second-order valence-corrected chi connectivity index (χ2v) is 8.92. The number of hydrogen-bond acceptors (Lipinski definition) is 6. The van der Waals surface area contributed by atoms with Crippen LogP contribution in [0.4, 0.5) is 5.82 Å². The number of carbonyl (C=O) groups is 2. The van der Waals surface area contributed by atoms with Gasteiger partial charge in [-0.3, -0.25) is 4.79 Å². The number of carbonyl (C=O) groups excluding carboxylic acids is 2. The Balaban J connectivity index is 2.05. The van der Waals surface area contributed by atoms with Crippen molar-refractivity contribution >= 4 is 50.9 Å². The van der Waals surface area contributed by atoms with Gasteiger partial charge in [-0.15, -0.1) is 0 Å². The normalized spacial score (nSPS) is 12.5. The van der Waals surface area contributed by atoms with Crippen LogP contribution in [0.3, 0.4) is 0 Å². The smallest absolute Gasteiger partial charge is 0.338 e. The van der Waals surface area contributed by atoms with E-state index in [1.807, 2.05) is 0 Å². The lowest BCUT2D eigenvalue weighted by molar-refractivity contribution is -0.123. The van der Waals surface area contributed by atoms with Crippen molar-refractivity contribution in [1.82, 2.24) is 9.29 Å². The van der Waals surface area contributed by atoms with E-state index in [-0.39, 0.29) is 21.3 Å². The van der Waals surface area contributed by atoms with Crippen LogP contribution in [0.15, 0.2) is 41.4 Å². The van der Waals surface area contributed by atoms with Crippen molar-refractivity contribution in [1.29, 1.82) is 0 Å². The van der Waals surface area contributed by atoms with E-state index < -0.39 is 28.0 Å². The zero-order valence-corrected chi connectivity index (χ0v) is 18.9. The lowest BCUT2D eigenvalue weighted by atomic mass is 10.2. The fourth-order valence-corrected chi connectivity index (χ4v) is 4.37. The summed E-state index contributed by atoms with van der Waals surface area (Å²) in [6, 6.07) is 6.73. The van der Waals surface area contributed by atoms with E-state index in [4.69, 9.17) is 27.9 Å². The number of ether oxygens (including phenoxy) is 1. The minimum Gasteiger partial charge on any atom is -0.449 e. The fraction of sp³-hybridized carbons (Fsp3) is 0.316. The van der Waals surface area contributed by atoms with Gasteiger partial charge in [0.15, 0.2) is 11.9 Å². The molecule has 0 spiro atoms. The van der Waals surface area contributed by atoms with E-state index in [1.54, 1.807) is 13.8 Å². The molecule has 11 heteroatoms. The topological polar surface area (TPSA) is 106 Å². The van der Waals surface area contributed by atoms with Crippen LogP contribution in [-0.2, 0) is 19.6 Å². The van der Waals surface area contributed by atoms with Gasteiger partial charge in [-0.2, -0.15) is 4.31 Å². The molecule has 0 radical (unpaired) electrons. The van der Waals surface area contributed by atoms with Gasteiger partial charge in [0.05, 0.1) is 20.5 Å². The lowest BCUT2D eigenvalue weighted by Crippen LogP contribution is -2.31. The third-order valence-electron chi connectivity index (χ3n) is 4.14. The van der Waals surface area contributed by atoms with Gasteiger partial charge in [0, 0.05) is 19.3 Å². The summed E-state index contributed by atoms with van der Waals surface area (Å²) in [7, 11) is -3.63. The molecule has 162 valence electrons. The Morgan fingerprint density at radius 3 is 2.30 bits per heavy atom. The van der Waals surface area contributed by atoms with Crippen LogP contribution in [0, 0.1) is 0 Å². The first-order chi connectivity index (χ1) is 14.1. The van der Waals surface area contributed by atoms with E-state index in [1.165, 1.54) is 47.8 Å². The predicted molar refractivity (Wildman–Crippen MR) is 114 cm³/mol. The molecule has 0 unspecified atom stereocenters. The Morgan fingerprint density at radius 1 is 1.17 bits per heavy atom. The monoisotopic (exact) mass is 473 g/mol. The summed E-state index contributed by atoms with van der Waals surface area (Å²) in [5, 5.41) is 2.89. The minimum absolute atomic E-state index is 0.0667. The number of hydrogen-bond donors (Lipinski definition) is 1. The van der Waals surface area contributed by atoms with Crippen molar-refractivity contribution < 1.29 is 22.7 Å². The van der Waals surface area contributed by atoms with Gasteiger partial charge in [0.2, 0.25) is 10.0 Å². The molecule has 1 atom stereocenters. The molecular weight excluding hydrogens is 453 g/mol. The van der Waals surface area contributed by atoms with Crippen molar-refractivity contribution in [3.63, 3.8) is 0 Å². The van der Waals surface area contributed by atoms with Crippen molar-refractivity contribution in [2.24, 2.45) is 0 Å². The van der Waals surface area contributed by atoms with Crippen LogP contribution in [0.5, 0.6) is 0 Å². The van der Waals surface area contributed by atoms with E-state index >= 15 is 0 Å². The zero-order chi connectivity index (χ0) is 22.5. The summed E-state index contributed by atoms with van der Waals surface area (Å²) in [5.74, 6) is -1.33. The first-order valence-electron chi connectivity index (χ1n) is 9.03. The van der Waals surface area contributed by atoms with Gasteiger partial charge in [0.1, 0.15) is 0 Å². The summed E-state index contributed by atoms with van der Waals surface area (Å²) < 4.78 is 31.4. The van der Waals surface area contributed by atoms with Gasteiger partial charge < -0.3 is 10.1 Å². The first-order valence-corrected chi connectivity index (χ1v) is 11.2. The average Bonchev–Trinajstić information content (AvgIpc) is 2.70. The molecule has 2 aromatic rings. The number of rotatable bonds is 8. The zero-order valence-electron chi connectivity index (χ0n) is 16.6. The van der Waals surface area contributed by atoms with Crippen LogP contribution in [-0.4, -0.2) is 48.8 Å². The standard InChI is InChI=1S/C19H21Cl2N3O5S/c1-4-24(5-2)30(27,28)15-8-6-13(7-9-15)19(26)29-12(3)18(25)23-17-16(21)10-14(20)11-22-17/h6-12H,4-5H2,1-3H3,(H,22,23,25)/t12-/m0/s1. The maximum absolute atomic E-state index is 12.5. The van der Waals surface area contributed by atoms with E-state index in [9.17, 15) is 18.0 Å². The molecule has 0 aliphatic carbocycles. The summed E-state index contributed by atoms with van der Waals surface area (Å²) in [5.41, 5.74) is 0.107. The van der Waals surface area contributed by atoms with E-state index in [2.05, 4.69) is 10.3 Å². The van der Waals surface area contributed by atoms with Crippen LogP contribution < -0.4 is 5.32 Å². The minimum atomic E-state index is -3.63. The number of amides is 1. The highest BCUT2D eigenvalue weighted by atomic mass is 35.5. The molecule has 2 rings (SSSR count). The van der Waals surface area contributed by atoms with Gasteiger partial charge in [-0.25, -0.2) is 18.2 Å². The molecule has 1 N–H and O–H groups in total. The maximum Gasteiger partial charge on any atom is 0.338 e. The molecule has 1 aromatic heterocycles. The number of pyridine rings is 1. The average molecular weight is 474 g/mol. The molecule has 30 heavy (non-hydrogen) atoms. The lowest BCUT2D eigenvalue weighted by Gasteiger charge is -2.18. The Labute approximate surface area is 185 Å². The number of sulfonamides is 1. The molecule has 0 fully saturated rings. The molecule has 8 nitrogen and oxygen atoms in total. The maximum atomic E-state index is 12.5. The number of nitrogens with one attached hydrogen (secondary N) is 1. The van der Waals surface area contributed by atoms with Crippen LogP contribution in [0.1, 0.15) is 31.1 Å². The quantitative estimate of drug-likeness (QED) is 0.586. The SMILES string of the molecule is CCN(CC)S(=O)(=O)c1ccc(C(=O)O[C@@H](C)C(=O)Nc2ncc(Cl)cc2Cl)cc1. The van der Waals surface area contributed by atoms with Gasteiger partial charge in [0.25, 0.3) is 5.91 Å². The fourth-order valence-electron chi connectivity index (χ4n) is 2.48. The Hall–Kier alpha value is -2.20. The van der Waals surface area contributed by atoms with Crippen LogP contribution in [0.2, 0.25) is 10.0 Å².